The van der Waals surface area contributed by atoms with Gasteiger partial charge < -0.3 is 19.5 Å². The van der Waals surface area contributed by atoms with Crippen molar-refractivity contribution in [3.8, 4) is 28.3 Å². The highest BCUT2D eigenvalue weighted by Gasteiger charge is 2.27. The SMILES string of the molecule is CC(=N)/N=C(\NC(C)C)c1cn2c(n1)-c1ccc(-c3cn[nH]c3C3CCCN(C(C)C)C3)cc1OCC2. The van der Waals surface area contributed by atoms with Crippen molar-refractivity contribution < 1.29 is 4.74 Å². The molecule has 0 spiro atoms. The number of ether oxygens (including phenoxy) is 1. The minimum atomic E-state index is 0.179. The van der Waals surface area contributed by atoms with Crippen molar-refractivity contribution in [1.82, 2.24) is 30.0 Å². The van der Waals surface area contributed by atoms with E-state index < -0.39 is 0 Å². The molecular formula is C28H38N8O. The minimum absolute atomic E-state index is 0.179. The number of imidazole rings is 1. The molecule has 2 aliphatic heterocycles. The van der Waals surface area contributed by atoms with Gasteiger partial charge in [-0.15, -0.1) is 0 Å². The number of aromatic nitrogens is 4. The highest BCUT2D eigenvalue weighted by molar-refractivity contribution is 6.04. The van der Waals surface area contributed by atoms with Crippen molar-refractivity contribution in [3.05, 3.63) is 42.0 Å². The summed E-state index contributed by atoms with van der Waals surface area (Å²) >= 11 is 0. The molecule has 5 rings (SSSR count). The average Bonchev–Trinajstić information content (AvgIpc) is 3.48. The van der Waals surface area contributed by atoms with Crippen LogP contribution >= 0.6 is 0 Å². The van der Waals surface area contributed by atoms with Crippen LogP contribution in [0.2, 0.25) is 0 Å². The number of aliphatic imine (C=N–C) groups is 1. The lowest BCUT2D eigenvalue weighted by molar-refractivity contribution is 0.166. The number of piperidine rings is 1. The first-order valence-corrected chi connectivity index (χ1v) is 13.3. The van der Waals surface area contributed by atoms with Crippen LogP contribution in [-0.2, 0) is 6.54 Å². The molecule has 3 aromatic rings. The summed E-state index contributed by atoms with van der Waals surface area (Å²) in [5.41, 5.74) is 5.15. The summed E-state index contributed by atoms with van der Waals surface area (Å²) in [6.45, 7) is 13.8. The second-order valence-electron chi connectivity index (χ2n) is 10.7. The van der Waals surface area contributed by atoms with E-state index in [1.54, 1.807) is 6.92 Å². The van der Waals surface area contributed by atoms with Gasteiger partial charge in [0.15, 0.2) is 5.84 Å². The number of likely N-dealkylation sites (tertiary alicyclic amines) is 1. The molecule has 1 atom stereocenters. The molecule has 1 fully saturated rings. The van der Waals surface area contributed by atoms with Crippen LogP contribution in [0.1, 0.15) is 64.8 Å². The molecule has 196 valence electrons. The third-order valence-corrected chi connectivity index (χ3v) is 7.11. The summed E-state index contributed by atoms with van der Waals surface area (Å²) in [5.74, 6) is 2.98. The summed E-state index contributed by atoms with van der Waals surface area (Å²) in [4.78, 5) is 11.9. The molecule has 0 saturated carbocycles. The quantitative estimate of drug-likeness (QED) is 0.347. The first kappa shape index (κ1) is 25.2. The second-order valence-corrected chi connectivity index (χ2v) is 10.7. The monoisotopic (exact) mass is 502 g/mol. The smallest absolute Gasteiger partial charge is 0.155 e. The van der Waals surface area contributed by atoms with Gasteiger partial charge in [-0.1, -0.05) is 6.07 Å². The Balaban J connectivity index is 1.48. The molecule has 9 heteroatoms. The van der Waals surface area contributed by atoms with E-state index in [1.807, 2.05) is 12.4 Å². The molecule has 1 unspecified atom stereocenters. The second kappa shape index (κ2) is 10.5. The van der Waals surface area contributed by atoms with Gasteiger partial charge in [0.2, 0.25) is 0 Å². The lowest BCUT2D eigenvalue weighted by Gasteiger charge is -2.35. The summed E-state index contributed by atoms with van der Waals surface area (Å²) in [6.07, 6.45) is 6.31. The topological polar surface area (TPSA) is 107 Å². The van der Waals surface area contributed by atoms with Crippen molar-refractivity contribution in [2.75, 3.05) is 19.7 Å². The fraction of sp³-hybridized carbons (Fsp3) is 0.500. The predicted octanol–water partition coefficient (Wildman–Crippen LogP) is 4.66. The molecule has 3 N–H and O–H groups in total. The van der Waals surface area contributed by atoms with E-state index in [1.165, 1.54) is 18.5 Å². The van der Waals surface area contributed by atoms with E-state index in [9.17, 15) is 0 Å². The van der Waals surface area contributed by atoms with Crippen LogP contribution in [0, 0.1) is 5.41 Å². The van der Waals surface area contributed by atoms with Gasteiger partial charge >= 0.3 is 0 Å². The van der Waals surface area contributed by atoms with Crippen LogP contribution in [-0.4, -0.2) is 68.1 Å². The number of fused-ring (bicyclic) bond motifs is 3. The van der Waals surface area contributed by atoms with Crippen LogP contribution in [0.4, 0.5) is 0 Å². The zero-order valence-corrected chi connectivity index (χ0v) is 22.5. The molecule has 0 aliphatic carbocycles. The van der Waals surface area contributed by atoms with Gasteiger partial charge in [0.05, 0.1) is 18.3 Å². The molecule has 1 saturated heterocycles. The van der Waals surface area contributed by atoms with Crippen molar-refractivity contribution in [2.24, 2.45) is 4.99 Å². The molecule has 0 bridgehead atoms. The maximum Gasteiger partial charge on any atom is 0.155 e. The van der Waals surface area contributed by atoms with E-state index in [-0.39, 0.29) is 11.9 Å². The fourth-order valence-corrected chi connectivity index (χ4v) is 5.32. The maximum atomic E-state index is 7.86. The summed E-state index contributed by atoms with van der Waals surface area (Å²) in [5, 5.41) is 19.0. The van der Waals surface area contributed by atoms with Crippen LogP contribution < -0.4 is 10.1 Å². The molecule has 4 heterocycles. The van der Waals surface area contributed by atoms with E-state index in [2.05, 4.69) is 75.9 Å². The minimum Gasteiger partial charge on any atom is -0.491 e. The maximum absolute atomic E-state index is 7.86. The summed E-state index contributed by atoms with van der Waals surface area (Å²) < 4.78 is 8.33. The molecule has 0 amide bonds. The lowest BCUT2D eigenvalue weighted by Crippen LogP contribution is -2.39. The van der Waals surface area contributed by atoms with E-state index in [0.717, 1.165) is 47.0 Å². The number of nitrogens with one attached hydrogen (secondary N) is 3. The Bertz CT molecular complexity index is 1300. The van der Waals surface area contributed by atoms with E-state index in [0.29, 0.717) is 30.9 Å². The van der Waals surface area contributed by atoms with Crippen molar-refractivity contribution in [1.29, 1.82) is 5.41 Å². The van der Waals surface area contributed by atoms with Gasteiger partial charge in [0.25, 0.3) is 0 Å². The largest absolute Gasteiger partial charge is 0.491 e. The average molecular weight is 503 g/mol. The standard InChI is InChI=1S/C28H38N8O/c1-17(2)31-27(32-19(5)29)24-16-36-11-12-37-25-13-20(8-9-22(25)28(36)33-24)23-14-30-34-26(23)21-7-6-10-35(15-21)18(3)4/h8-9,13-14,16-18,21H,6-7,10-12,15H2,1-5H3,(H,30,34)(H2,29,31,32). The predicted molar refractivity (Wildman–Crippen MR) is 148 cm³/mol. The first-order valence-electron chi connectivity index (χ1n) is 13.3. The first-order chi connectivity index (χ1) is 17.8. The molecule has 0 radical (unpaired) electrons. The summed E-state index contributed by atoms with van der Waals surface area (Å²) in [6, 6.07) is 7.10. The van der Waals surface area contributed by atoms with Crippen molar-refractivity contribution >= 4 is 11.7 Å². The highest BCUT2D eigenvalue weighted by Crippen LogP contribution is 2.39. The van der Waals surface area contributed by atoms with Gasteiger partial charge in [-0.25, -0.2) is 9.98 Å². The van der Waals surface area contributed by atoms with Crippen LogP contribution in [0.5, 0.6) is 5.75 Å². The van der Waals surface area contributed by atoms with Crippen LogP contribution in [0.15, 0.2) is 35.6 Å². The third kappa shape index (κ3) is 5.32. The highest BCUT2D eigenvalue weighted by atomic mass is 16.5. The van der Waals surface area contributed by atoms with Gasteiger partial charge in [-0.3, -0.25) is 10.5 Å². The number of rotatable bonds is 5. The zero-order valence-electron chi connectivity index (χ0n) is 22.5. The Labute approximate surface area is 218 Å². The van der Waals surface area contributed by atoms with Crippen molar-refractivity contribution in [2.45, 2.75) is 72.0 Å². The van der Waals surface area contributed by atoms with Crippen molar-refractivity contribution in [3.63, 3.8) is 0 Å². The molecule has 37 heavy (non-hydrogen) atoms. The zero-order chi connectivity index (χ0) is 26.1. The van der Waals surface area contributed by atoms with Gasteiger partial charge in [0.1, 0.15) is 29.7 Å². The lowest BCUT2D eigenvalue weighted by atomic mass is 9.90. The molecule has 1 aromatic carbocycles. The Morgan fingerprint density at radius 2 is 2.05 bits per heavy atom. The van der Waals surface area contributed by atoms with E-state index in [4.69, 9.17) is 15.1 Å². The van der Waals surface area contributed by atoms with Gasteiger partial charge in [-0.2, -0.15) is 5.10 Å². The molecule has 2 aliphatic rings. The Kier molecular flexibility index (Phi) is 7.15. The van der Waals surface area contributed by atoms with Gasteiger partial charge in [0, 0.05) is 42.0 Å². The normalized spacial score (nSPS) is 18.4. The molecule has 2 aromatic heterocycles. The van der Waals surface area contributed by atoms with Gasteiger partial charge in [-0.05, 0) is 71.7 Å². The van der Waals surface area contributed by atoms with Crippen LogP contribution in [0.3, 0.4) is 0 Å². The number of amidine groups is 2. The number of nitrogens with zero attached hydrogens (tertiary/aromatic N) is 5. The fourth-order valence-electron chi connectivity index (χ4n) is 5.32. The number of hydrogen-bond donors (Lipinski definition) is 3. The Hall–Kier alpha value is -3.46. The number of hydrogen-bond acceptors (Lipinski definition) is 5. The molecular weight excluding hydrogens is 464 g/mol. The Morgan fingerprint density at radius 3 is 2.81 bits per heavy atom. The molecule has 9 nitrogen and oxygen atoms in total. The van der Waals surface area contributed by atoms with E-state index >= 15 is 0 Å². The third-order valence-electron chi connectivity index (χ3n) is 7.11. The number of aromatic amines is 1. The number of benzene rings is 1. The Morgan fingerprint density at radius 1 is 1.22 bits per heavy atom. The number of H-pyrrole nitrogens is 1. The van der Waals surface area contributed by atoms with Crippen LogP contribution in [0.25, 0.3) is 22.5 Å². The summed E-state index contributed by atoms with van der Waals surface area (Å²) in [7, 11) is 0.